The highest BCUT2D eigenvalue weighted by Crippen LogP contribution is 2.27. The van der Waals surface area contributed by atoms with Crippen LogP contribution in [0.4, 0.5) is 5.69 Å². The molecule has 7 heteroatoms. The molecule has 2 heterocycles. The predicted molar refractivity (Wildman–Crippen MR) is 95.7 cm³/mol. The fourth-order valence-corrected chi connectivity index (χ4v) is 5.74. The largest absolute Gasteiger partial charge is 0.326 e. The van der Waals surface area contributed by atoms with Gasteiger partial charge in [0.2, 0.25) is 5.91 Å². The molecule has 0 bridgehead atoms. The number of sulfonamides is 1. The van der Waals surface area contributed by atoms with E-state index in [1.165, 1.54) is 11.3 Å². The number of nitrogens with one attached hydrogen (secondary N) is 1. The molecule has 1 aliphatic rings. The zero-order valence-electron chi connectivity index (χ0n) is 13.3. The average Bonchev–Trinajstić information content (AvgIpc) is 3.05. The van der Waals surface area contributed by atoms with Crippen LogP contribution < -0.4 is 5.32 Å². The first-order chi connectivity index (χ1) is 11.6. The molecule has 0 atom stereocenters. The highest BCUT2D eigenvalue weighted by molar-refractivity contribution is 7.91. The smallest absolute Gasteiger partial charge is 0.252 e. The van der Waals surface area contributed by atoms with E-state index in [2.05, 4.69) is 5.32 Å². The summed E-state index contributed by atoms with van der Waals surface area (Å²) < 4.78 is 27.1. The lowest BCUT2D eigenvalue weighted by Crippen LogP contribution is -2.35. The van der Waals surface area contributed by atoms with Crippen LogP contribution in [-0.2, 0) is 21.2 Å². The number of carbonyl (C=O) groups is 1. The maximum absolute atomic E-state index is 12.6. The summed E-state index contributed by atoms with van der Waals surface area (Å²) in [6.07, 6.45) is 3.09. The molecule has 24 heavy (non-hydrogen) atoms. The van der Waals surface area contributed by atoms with Gasteiger partial charge in [0.25, 0.3) is 10.0 Å². The Morgan fingerprint density at radius 2 is 1.75 bits per heavy atom. The molecule has 0 radical (unpaired) electrons. The zero-order valence-corrected chi connectivity index (χ0v) is 14.9. The number of carbonyl (C=O) groups excluding carboxylic acids is 1. The Morgan fingerprint density at radius 1 is 1.04 bits per heavy atom. The quantitative estimate of drug-likeness (QED) is 0.886. The molecule has 1 aromatic heterocycles. The Morgan fingerprint density at radius 3 is 2.46 bits per heavy atom. The number of amides is 1. The summed E-state index contributed by atoms with van der Waals surface area (Å²) in [5.74, 6) is -0.148. The molecule has 1 saturated heterocycles. The first kappa shape index (κ1) is 17.1. The minimum absolute atomic E-state index is 0.148. The molecule has 0 spiro atoms. The topological polar surface area (TPSA) is 66.5 Å². The van der Waals surface area contributed by atoms with Crippen molar-refractivity contribution in [2.24, 2.45) is 0 Å². The zero-order chi connectivity index (χ0) is 17.0. The summed E-state index contributed by atoms with van der Waals surface area (Å²) in [4.78, 5) is 12.8. The van der Waals surface area contributed by atoms with Crippen LogP contribution in [-0.4, -0.2) is 31.7 Å². The van der Waals surface area contributed by atoms with Crippen LogP contribution in [0.5, 0.6) is 0 Å². The molecule has 1 aromatic carbocycles. The van der Waals surface area contributed by atoms with Gasteiger partial charge in [-0.05, 0) is 37.1 Å². The normalized spacial score (nSPS) is 16.0. The maximum Gasteiger partial charge on any atom is 0.252 e. The number of thiophene rings is 1. The third-order valence-electron chi connectivity index (χ3n) is 3.94. The summed E-state index contributed by atoms with van der Waals surface area (Å²) in [5, 5.41) is 2.81. The Bertz CT molecular complexity index is 794. The highest BCUT2D eigenvalue weighted by Gasteiger charge is 2.27. The summed E-state index contributed by atoms with van der Waals surface area (Å²) in [6.45, 7) is 1.17. The second kappa shape index (κ2) is 7.46. The van der Waals surface area contributed by atoms with Crippen molar-refractivity contribution in [1.82, 2.24) is 4.31 Å². The number of rotatable bonds is 5. The van der Waals surface area contributed by atoms with Crippen molar-refractivity contribution in [2.75, 3.05) is 18.4 Å². The molecule has 1 amide bonds. The van der Waals surface area contributed by atoms with Crippen molar-refractivity contribution in [3.63, 3.8) is 0 Å². The van der Waals surface area contributed by atoms with Crippen molar-refractivity contribution in [2.45, 2.75) is 29.9 Å². The average molecular weight is 364 g/mol. The van der Waals surface area contributed by atoms with Crippen molar-refractivity contribution >= 4 is 33.0 Å². The molecule has 128 valence electrons. The molecular weight excluding hydrogens is 344 g/mol. The molecule has 3 rings (SSSR count). The summed E-state index contributed by atoms with van der Waals surface area (Å²) in [6, 6.07) is 12.6. The third-order valence-corrected chi connectivity index (χ3v) is 7.39. The van der Waals surface area contributed by atoms with Crippen LogP contribution in [0, 0.1) is 0 Å². The van der Waals surface area contributed by atoms with Crippen LogP contribution in [0.3, 0.4) is 0 Å². The number of anilines is 1. The van der Waals surface area contributed by atoms with Crippen LogP contribution in [0.15, 0.2) is 46.7 Å². The van der Waals surface area contributed by atoms with E-state index in [0.717, 1.165) is 29.8 Å². The minimum atomic E-state index is -3.42. The predicted octanol–water partition coefficient (Wildman–Crippen LogP) is 3.10. The van der Waals surface area contributed by atoms with Gasteiger partial charge in [-0.15, -0.1) is 11.3 Å². The number of hydrogen-bond acceptors (Lipinski definition) is 4. The second-order valence-corrected chi connectivity index (χ2v) is 9.11. The summed E-state index contributed by atoms with van der Waals surface area (Å²) in [5.41, 5.74) is 0.736. The van der Waals surface area contributed by atoms with E-state index >= 15 is 0 Å². The minimum Gasteiger partial charge on any atom is -0.326 e. The van der Waals surface area contributed by atoms with Gasteiger partial charge in [0.05, 0.1) is 6.42 Å². The number of benzene rings is 1. The number of hydrogen-bond donors (Lipinski definition) is 1. The van der Waals surface area contributed by atoms with E-state index in [0.29, 0.717) is 17.3 Å². The van der Waals surface area contributed by atoms with Crippen LogP contribution in [0.1, 0.15) is 24.1 Å². The fourth-order valence-electron chi connectivity index (χ4n) is 2.71. The summed E-state index contributed by atoms with van der Waals surface area (Å²) in [7, 11) is -3.42. The van der Waals surface area contributed by atoms with Crippen LogP contribution in [0.2, 0.25) is 0 Å². The SMILES string of the molecule is O=C(Cc1ccc(S(=O)(=O)N2CCCCC2)s1)Nc1ccccc1. The monoisotopic (exact) mass is 364 g/mol. The number of piperidine rings is 1. The van der Waals surface area contributed by atoms with Crippen molar-refractivity contribution in [3.8, 4) is 0 Å². The van der Waals surface area contributed by atoms with Crippen molar-refractivity contribution in [3.05, 3.63) is 47.3 Å². The van der Waals surface area contributed by atoms with Gasteiger partial charge in [0.1, 0.15) is 4.21 Å². The molecule has 2 aromatic rings. The number of para-hydroxylation sites is 1. The molecule has 5 nitrogen and oxygen atoms in total. The van der Waals surface area contributed by atoms with Crippen LogP contribution >= 0.6 is 11.3 Å². The molecule has 1 N–H and O–H groups in total. The van der Waals surface area contributed by atoms with E-state index in [1.807, 2.05) is 30.3 Å². The Hall–Kier alpha value is -1.70. The van der Waals surface area contributed by atoms with Crippen molar-refractivity contribution < 1.29 is 13.2 Å². The molecule has 1 aliphatic heterocycles. The Kier molecular flexibility index (Phi) is 5.33. The van der Waals surface area contributed by atoms with Crippen molar-refractivity contribution in [1.29, 1.82) is 0 Å². The lowest BCUT2D eigenvalue weighted by Gasteiger charge is -2.25. The van der Waals surface area contributed by atoms with E-state index < -0.39 is 10.0 Å². The molecular formula is C17H20N2O3S2. The lowest BCUT2D eigenvalue weighted by molar-refractivity contribution is -0.115. The molecule has 0 saturated carbocycles. The fraction of sp³-hybridized carbons (Fsp3) is 0.353. The first-order valence-corrected chi connectivity index (χ1v) is 10.2. The van der Waals surface area contributed by atoms with E-state index in [4.69, 9.17) is 0 Å². The van der Waals surface area contributed by atoms with E-state index in [1.54, 1.807) is 16.4 Å². The highest BCUT2D eigenvalue weighted by atomic mass is 32.2. The van der Waals surface area contributed by atoms with Gasteiger partial charge >= 0.3 is 0 Å². The van der Waals surface area contributed by atoms with Gasteiger partial charge in [0, 0.05) is 23.7 Å². The molecule has 1 fully saturated rings. The van der Waals surface area contributed by atoms with Gasteiger partial charge in [-0.25, -0.2) is 8.42 Å². The van der Waals surface area contributed by atoms with Gasteiger partial charge < -0.3 is 5.32 Å². The molecule has 0 aliphatic carbocycles. The first-order valence-electron chi connectivity index (χ1n) is 7.99. The van der Waals surface area contributed by atoms with E-state index in [9.17, 15) is 13.2 Å². The lowest BCUT2D eigenvalue weighted by atomic mass is 10.2. The maximum atomic E-state index is 12.6. The molecule has 0 unspecified atom stereocenters. The van der Waals surface area contributed by atoms with Gasteiger partial charge in [-0.2, -0.15) is 4.31 Å². The summed E-state index contributed by atoms with van der Waals surface area (Å²) >= 11 is 1.18. The Labute approximate surface area is 146 Å². The second-order valence-electron chi connectivity index (χ2n) is 5.78. The standard InChI is InChI=1S/C17H20N2O3S2/c20-16(18-14-7-3-1-4-8-14)13-15-9-10-17(23-15)24(21,22)19-11-5-2-6-12-19/h1,3-4,7-10H,2,5-6,11-13H2,(H,18,20). The van der Waals surface area contributed by atoms with Gasteiger partial charge in [-0.1, -0.05) is 24.6 Å². The number of nitrogens with zero attached hydrogens (tertiary/aromatic N) is 1. The third kappa shape index (κ3) is 4.03. The van der Waals surface area contributed by atoms with Gasteiger partial charge in [0.15, 0.2) is 0 Å². The Balaban J connectivity index is 1.65. The van der Waals surface area contributed by atoms with Gasteiger partial charge in [-0.3, -0.25) is 4.79 Å². The van der Waals surface area contributed by atoms with E-state index in [-0.39, 0.29) is 12.3 Å². The van der Waals surface area contributed by atoms with Crippen LogP contribution in [0.25, 0.3) is 0 Å².